The zero-order chi connectivity index (χ0) is 19.4. The molecule has 0 unspecified atom stereocenters. The first-order valence-electron chi connectivity index (χ1n) is 7.99. The summed E-state index contributed by atoms with van der Waals surface area (Å²) in [5, 5.41) is 31.4. The molecule has 0 saturated carbocycles. The Morgan fingerprint density at radius 1 is 1.00 bits per heavy atom. The maximum absolute atomic E-state index is 13.7. The summed E-state index contributed by atoms with van der Waals surface area (Å²) in [6, 6.07) is 7.76. The zero-order valence-electron chi connectivity index (χ0n) is 14.1. The molecule has 3 aromatic rings. The van der Waals surface area contributed by atoms with Gasteiger partial charge in [-0.3, -0.25) is 0 Å². The van der Waals surface area contributed by atoms with E-state index in [-0.39, 0.29) is 11.7 Å². The number of anilines is 1. The molecule has 3 rings (SSSR count). The minimum absolute atomic E-state index is 0.109. The highest BCUT2D eigenvalue weighted by Gasteiger charge is 2.28. The fourth-order valence-corrected chi connectivity index (χ4v) is 2.33. The Morgan fingerprint density at radius 3 is 2.41 bits per heavy atom. The monoisotopic (exact) mass is 377 g/mol. The molecule has 0 atom stereocenters. The number of fused-ring (bicyclic) bond motifs is 1. The lowest BCUT2D eigenvalue weighted by molar-refractivity contribution is 0.0828. The number of benzene rings is 2. The molecule has 0 spiro atoms. The molecule has 0 aliphatic carbocycles. The van der Waals surface area contributed by atoms with Crippen LogP contribution in [-0.4, -0.2) is 50.6 Å². The van der Waals surface area contributed by atoms with Crippen molar-refractivity contribution in [2.75, 3.05) is 25.1 Å². The molecule has 1 heterocycles. The normalized spacial score (nSPS) is 11.6. The van der Waals surface area contributed by atoms with E-state index in [2.05, 4.69) is 15.3 Å². The third-order valence-corrected chi connectivity index (χ3v) is 3.96. The van der Waals surface area contributed by atoms with Crippen molar-refractivity contribution in [3.05, 3.63) is 54.2 Å². The number of aliphatic hydroxyl groups excluding tert-OH is 3. The number of ether oxygens (including phenoxy) is 1. The Bertz CT molecular complexity index is 943. The van der Waals surface area contributed by atoms with E-state index in [9.17, 15) is 24.1 Å². The van der Waals surface area contributed by atoms with Crippen molar-refractivity contribution < 1.29 is 28.8 Å². The predicted octanol–water partition coefficient (Wildman–Crippen LogP) is 1.83. The van der Waals surface area contributed by atoms with E-state index in [1.54, 1.807) is 18.2 Å². The number of rotatable bonds is 7. The van der Waals surface area contributed by atoms with E-state index in [4.69, 9.17) is 4.74 Å². The van der Waals surface area contributed by atoms with Gasteiger partial charge in [0.1, 0.15) is 17.1 Å². The number of hydrogen-bond donors (Lipinski definition) is 4. The molecule has 0 aliphatic heterocycles. The summed E-state index contributed by atoms with van der Waals surface area (Å²) in [5.41, 5.74) is -0.834. The van der Waals surface area contributed by atoms with Crippen LogP contribution < -0.4 is 10.1 Å². The molecule has 4 N–H and O–H groups in total. The molecule has 0 aliphatic rings. The average Bonchev–Trinajstić information content (AvgIpc) is 2.68. The number of nitrogens with one attached hydrogen (secondary N) is 1. The molecule has 27 heavy (non-hydrogen) atoms. The number of aliphatic hydroxyl groups is 3. The minimum Gasteiger partial charge on any atom is -0.454 e. The second kappa shape index (κ2) is 7.78. The van der Waals surface area contributed by atoms with Gasteiger partial charge in [0.15, 0.2) is 11.6 Å². The summed E-state index contributed by atoms with van der Waals surface area (Å²) in [7, 11) is 0. The van der Waals surface area contributed by atoms with Crippen molar-refractivity contribution in [1.29, 1.82) is 0 Å². The van der Waals surface area contributed by atoms with E-state index < -0.39 is 37.0 Å². The van der Waals surface area contributed by atoms with Gasteiger partial charge in [0.2, 0.25) is 5.95 Å². The smallest absolute Gasteiger partial charge is 0.223 e. The molecular formula is C18H17F2N3O4. The lowest BCUT2D eigenvalue weighted by atomic mass is 10.0. The molecule has 2 aromatic carbocycles. The fraction of sp³-hybridized carbons (Fsp3) is 0.222. The quantitative estimate of drug-likeness (QED) is 0.497. The van der Waals surface area contributed by atoms with Crippen LogP contribution in [0.25, 0.3) is 10.9 Å². The minimum atomic E-state index is -1.35. The van der Waals surface area contributed by atoms with Gasteiger partial charge in [0.05, 0.1) is 25.3 Å². The van der Waals surface area contributed by atoms with Crippen LogP contribution >= 0.6 is 0 Å². The van der Waals surface area contributed by atoms with Crippen LogP contribution in [0.1, 0.15) is 0 Å². The Kier molecular flexibility index (Phi) is 5.45. The van der Waals surface area contributed by atoms with Crippen molar-refractivity contribution in [3.63, 3.8) is 0 Å². The van der Waals surface area contributed by atoms with Crippen LogP contribution in [0.2, 0.25) is 0 Å². The molecular weight excluding hydrogens is 360 g/mol. The highest BCUT2D eigenvalue weighted by molar-refractivity contribution is 5.80. The molecule has 1 aromatic heterocycles. The Balaban J connectivity index is 1.85. The summed E-state index contributed by atoms with van der Waals surface area (Å²) in [6.45, 7) is -1.55. The maximum atomic E-state index is 13.7. The lowest BCUT2D eigenvalue weighted by Gasteiger charge is -2.28. The third kappa shape index (κ3) is 4.11. The molecule has 0 saturated heterocycles. The highest BCUT2D eigenvalue weighted by Crippen LogP contribution is 2.27. The predicted molar refractivity (Wildman–Crippen MR) is 93.6 cm³/mol. The van der Waals surface area contributed by atoms with Crippen LogP contribution in [0.15, 0.2) is 42.6 Å². The molecule has 0 amide bonds. The van der Waals surface area contributed by atoms with Crippen LogP contribution in [0.5, 0.6) is 11.5 Å². The van der Waals surface area contributed by atoms with Crippen molar-refractivity contribution in [1.82, 2.24) is 9.97 Å². The second-order valence-electron chi connectivity index (χ2n) is 5.97. The van der Waals surface area contributed by atoms with Gasteiger partial charge in [-0.05, 0) is 30.3 Å². The molecule has 0 fully saturated rings. The summed E-state index contributed by atoms with van der Waals surface area (Å²) in [6.07, 6.45) is 1.47. The van der Waals surface area contributed by atoms with E-state index in [1.807, 2.05) is 0 Å². The van der Waals surface area contributed by atoms with Crippen LogP contribution in [0.4, 0.5) is 14.7 Å². The van der Waals surface area contributed by atoms with Gasteiger partial charge in [0, 0.05) is 17.6 Å². The molecule has 0 radical (unpaired) electrons. The Labute approximate surface area is 152 Å². The van der Waals surface area contributed by atoms with Crippen LogP contribution in [-0.2, 0) is 0 Å². The first-order valence-corrected chi connectivity index (χ1v) is 7.99. The molecule has 142 valence electrons. The number of halogens is 2. The van der Waals surface area contributed by atoms with Gasteiger partial charge in [0.25, 0.3) is 0 Å². The standard InChI is InChI=1S/C18H17F2N3O4/c19-12-1-4-16(14(20)6-12)27-13-2-3-15-11(5-13)7-21-17(22-15)23-18(8-24,9-25)10-26/h1-7,24-26H,8-10H2,(H,21,22,23). The largest absolute Gasteiger partial charge is 0.454 e. The average molecular weight is 377 g/mol. The van der Waals surface area contributed by atoms with Gasteiger partial charge in [-0.1, -0.05) is 0 Å². The van der Waals surface area contributed by atoms with E-state index in [1.165, 1.54) is 12.3 Å². The zero-order valence-corrected chi connectivity index (χ0v) is 14.1. The first kappa shape index (κ1) is 18.9. The summed E-state index contributed by atoms with van der Waals surface area (Å²) >= 11 is 0. The Hall–Kier alpha value is -2.88. The number of nitrogens with zero attached hydrogens (tertiary/aromatic N) is 2. The van der Waals surface area contributed by atoms with E-state index in [0.29, 0.717) is 16.7 Å². The SMILES string of the molecule is OCC(CO)(CO)Nc1ncc2cc(Oc3ccc(F)cc3F)ccc2n1. The lowest BCUT2D eigenvalue weighted by Crippen LogP contribution is -2.49. The summed E-state index contributed by atoms with van der Waals surface area (Å²) in [5.74, 6) is -1.21. The molecule has 7 nitrogen and oxygen atoms in total. The summed E-state index contributed by atoms with van der Waals surface area (Å²) < 4.78 is 32.1. The third-order valence-electron chi connectivity index (χ3n) is 3.96. The first-order chi connectivity index (χ1) is 13.0. The van der Waals surface area contributed by atoms with Crippen molar-refractivity contribution in [2.24, 2.45) is 0 Å². The topological polar surface area (TPSA) is 108 Å². The van der Waals surface area contributed by atoms with Crippen molar-refractivity contribution in [2.45, 2.75) is 5.54 Å². The van der Waals surface area contributed by atoms with Gasteiger partial charge < -0.3 is 25.4 Å². The fourth-order valence-electron chi connectivity index (χ4n) is 2.33. The highest BCUT2D eigenvalue weighted by atomic mass is 19.1. The van der Waals surface area contributed by atoms with Gasteiger partial charge in [-0.25, -0.2) is 18.7 Å². The van der Waals surface area contributed by atoms with Gasteiger partial charge >= 0.3 is 0 Å². The maximum Gasteiger partial charge on any atom is 0.223 e. The van der Waals surface area contributed by atoms with Gasteiger partial charge in [-0.15, -0.1) is 0 Å². The number of hydrogen-bond acceptors (Lipinski definition) is 7. The Morgan fingerprint density at radius 2 is 1.74 bits per heavy atom. The van der Waals surface area contributed by atoms with Crippen LogP contribution in [0.3, 0.4) is 0 Å². The van der Waals surface area contributed by atoms with Crippen molar-refractivity contribution >= 4 is 16.9 Å². The van der Waals surface area contributed by atoms with Crippen molar-refractivity contribution in [3.8, 4) is 11.5 Å². The summed E-state index contributed by atoms with van der Waals surface area (Å²) in [4.78, 5) is 8.32. The van der Waals surface area contributed by atoms with Gasteiger partial charge in [-0.2, -0.15) is 0 Å². The molecule has 9 heteroatoms. The number of aromatic nitrogens is 2. The second-order valence-corrected chi connectivity index (χ2v) is 5.97. The molecule has 0 bridgehead atoms. The van der Waals surface area contributed by atoms with Crippen LogP contribution in [0, 0.1) is 11.6 Å². The van der Waals surface area contributed by atoms with E-state index >= 15 is 0 Å². The van der Waals surface area contributed by atoms with E-state index in [0.717, 1.165) is 12.1 Å².